The zero-order valence-electron chi connectivity index (χ0n) is 26.8. The van der Waals surface area contributed by atoms with E-state index in [2.05, 4.69) is 19.1 Å². The van der Waals surface area contributed by atoms with Crippen molar-refractivity contribution in [2.75, 3.05) is 6.54 Å². The van der Waals surface area contributed by atoms with Crippen molar-refractivity contribution in [3.8, 4) is 0 Å². The number of carbonyl (C=O) groups excluding carboxylic acids is 3. The predicted molar refractivity (Wildman–Crippen MR) is 168 cm³/mol. The van der Waals surface area contributed by atoms with Crippen LogP contribution in [0.1, 0.15) is 84.6 Å². The Labute approximate surface area is 262 Å². The standard InChI is InChI=1S/C36H51NO7/c1-5-28(23-27-16-10-8-11-17-27)31-19-12-7-6-9-15-24(2)32(38)26(4)30-21-20-25(3)36(42,44-30)33(39)34(40)37-22-14-13-18-29(37)35(41)43-31/h6,8-12,16-17,19,24-26,28-32,38,42H,5,7,13-15,18,20-23H2,1-4H3/b9-6?,19-12-/t24-,25-,26+,28-,29+,30+,31+,32+,36-/m1/s1. The third-order valence-corrected chi connectivity index (χ3v) is 10.0. The molecule has 3 aliphatic rings. The lowest BCUT2D eigenvalue weighted by molar-refractivity contribution is -0.274. The molecular formula is C36H51NO7. The first kappa shape index (κ1) is 34.1. The van der Waals surface area contributed by atoms with Gasteiger partial charge in [-0.1, -0.05) is 76.3 Å². The lowest BCUT2D eigenvalue weighted by Gasteiger charge is -2.44. The maximum absolute atomic E-state index is 13.8. The highest BCUT2D eigenvalue weighted by Crippen LogP contribution is 2.38. The molecule has 1 aromatic rings. The van der Waals surface area contributed by atoms with Crippen molar-refractivity contribution >= 4 is 17.7 Å². The third kappa shape index (κ3) is 7.88. The Balaban J connectivity index is 1.66. The molecule has 1 aromatic carbocycles. The van der Waals surface area contributed by atoms with Gasteiger partial charge in [-0.3, -0.25) is 9.59 Å². The van der Waals surface area contributed by atoms with E-state index in [0.29, 0.717) is 38.5 Å². The minimum Gasteiger partial charge on any atom is -0.456 e. The molecule has 9 atom stereocenters. The van der Waals surface area contributed by atoms with Gasteiger partial charge in [0.1, 0.15) is 12.1 Å². The summed E-state index contributed by atoms with van der Waals surface area (Å²) < 4.78 is 12.2. The van der Waals surface area contributed by atoms with E-state index in [0.717, 1.165) is 24.8 Å². The fraction of sp³-hybridized carbons (Fsp3) is 0.639. The molecule has 2 saturated heterocycles. The van der Waals surface area contributed by atoms with Crippen LogP contribution in [-0.4, -0.2) is 69.5 Å². The summed E-state index contributed by atoms with van der Waals surface area (Å²) in [6, 6.07) is 9.17. The van der Waals surface area contributed by atoms with Gasteiger partial charge in [-0.15, -0.1) is 0 Å². The number of benzene rings is 1. The van der Waals surface area contributed by atoms with Crippen molar-refractivity contribution in [2.24, 2.45) is 23.7 Å². The summed E-state index contributed by atoms with van der Waals surface area (Å²) in [4.78, 5) is 42.6. The molecule has 44 heavy (non-hydrogen) atoms. The van der Waals surface area contributed by atoms with Crippen LogP contribution in [-0.2, 0) is 30.3 Å². The molecular weight excluding hydrogens is 558 g/mol. The number of allylic oxidation sites excluding steroid dienone is 3. The first-order valence-electron chi connectivity index (χ1n) is 16.6. The van der Waals surface area contributed by atoms with E-state index in [1.54, 1.807) is 6.92 Å². The topological polar surface area (TPSA) is 113 Å². The number of amides is 1. The van der Waals surface area contributed by atoms with Crippen molar-refractivity contribution in [3.63, 3.8) is 0 Å². The van der Waals surface area contributed by atoms with Crippen LogP contribution < -0.4 is 0 Å². The van der Waals surface area contributed by atoms with Crippen molar-refractivity contribution < 1.29 is 34.1 Å². The number of hydrogen-bond donors (Lipinski definition) is 2. The second-order valence-corrected chi connectivity index (χ2v) is 13.1. The van der Waals surface area contributed by atoms with Crippen LogP contribution in [0.25, 0.3) is 0 Å². The van der Waals surface area contributed by atoms with E-state index in [9.17, 15) is 24.6 Å². The van der Waals surface area contributed by atoms with Crippen molar-refractivity contribution in [1.82, 2.24) is 4.90 Å². The Morgan fingerprint density at radius 1 is 1.00 bits per heavy atom. The largest absolute Gasteiger partial charge is 0.456 e. The second-order valence-electron chi connectivity index (χ2n) is 13.1. The number of fused-ring (bicyclic) bond motifs is 3. The summed E-state index contributed by atoms with van der Waals surface area (Å²) in [6.45, 7) is 7.82. The van der Waals surface area contributed by atoms with Gasteiger partial charge < -0.3 is 24.6 Å². The van der Waals surface area contributed by atoms with Gasteiger partial charge in [-0.05, 0) is 75.3 Å². The SMILES string of the molecule is CC[C@H](Cc1ccccc1)[C@@H]1/C=C\CC=CC[C@@H](C)[C@H](O)[C@@H](C)[C@@H]2CC[C@@H](C)[C@@](O)(O2)C(=O)C(=O)N2CCCC[C@H]2C(=O)O1. The van der Waals surface area contributed by atoms with Crippen molar-refractivity contribution in [1.29, 1.82) is 0 Å². The molecule has 2 bridgehead atoms. The summed E-state index contributed by atoms with van der Waals surface area (Å²) in [6.07, 6.45) is 11.7. The fourth-order valence-corrected chi connectivity index (χ4v) is 6.86. The fourth-order valence-electron chi connectivity index (χ4n) is 6.86. The Kier molecular flexibility index (Phi) is 12.0. The van der Waals surface area contributed by atoms with Gasteiger partial charge >= 0.3 is 5.97 Å². The highest BCUT2D eigenvalue weighted by atomic mass is 16.6. The quantitative estimate of drug-likeness (QED) is 0.275. The molecule has 3 aliphatic heterocycles. The summed E-state index contributed by atoms with van der Waals surface area (Å²) in [5.74, 6) is -5.91. The minimum atomic E-state index is -2.33. The van der Waals surface area contributed by atoms with Gasteiger partial charge in [0.15, 0.2) is 0 Å². The lowest BCUT2D eigenvalue weighted by Crippen LogP contribution is -2.61. The number of Topliss-reactive ketones (excluding diaryl/α,β-unsaturated/α-hetero) is 1. The second kappa shape index (κ2) is 15.5. The van der Waals surface area contributed by atoms with Gasteiger partial charge in [0.25, 0.3) is 11.7 Å². The average Bonchev–Trinajstić information content (AvgIpc) is 3.04. The first-order valence-corrected chi connectivity index (χ1v) is 16.6. The van der Waals surface area contributed by atoms with E-state index >= 15 is 0 Å². The number of nitrogens with zero attached hydrogens (tertiary/aromatic N) is 1. The smallest absolute Gasteiger partial charge is 0.329 e. The summed E-state index contributed by atoms with van der Waals surface area (Å²) in [5.41, 5.74) is 1.15. The Hall–Kier alpha value is -2.81. The number of ether oxygens (including phenoxy) is 2. The maximum Gasteiger partial charge on any atom is 0.329 e. The molecule has 8 nitrogen and oxygen atoms in total. The van der Waals surface area contributed by atoms with E-state index in [4.69, 9.17) is 9.47 Å². The third-order valence-electron chi connectivity index (χ3n) is 10.0. The molecule has 0 radical (unpaired) electrons. The van der Waals surface area contributed by atoms with E-state index < -0.39 is 53.7 Å². The van der Waals surface area contributed by atoms with Crippen LogP contribution in [0.2, 0.25) is 0 Å². The Morgan fingerprint density at radius 2 is 1.75 bits per heavy atom. The number of esters is 1. The molecule has 0 aliphatic carbocycles. The Morgan fingerprint density at radius 3 is 2.48 bits per heavy atom. The van der Waals surface area contributed by atoms with Gasteiger partial charge in [-0.25, -0.2) is 4.79 Å². The maximum atomic E-state index is 13.8. The molecule has 2 fully saturated rings. The molecule has 1 amide bonds. The summed E-state index contributed by atoms with van der Waals surface area (Å²) >= 11 is 0. The zero-order valence-corrected chi connectivity index (χ0v) is 26.8. The number of aliphatic hydroxyl groups is 2. The average molecular weight is 610 g/mol. The zero-order chi connectivity index (χ0) is 31.9. The number of cyclic esters (lactones) is 1. The molecule has 4 rings (SSSR count). The molecule has 0 aromatic heterocycles. The van der Waals surface area contributed by atoms with Crippen LogP contribution in [0.4, 0.5) is 0 Å². The van der Waals surface area contributed by atoms with Crippen LogP contribution in [0.3, 0.4) is 0 Å². The predicted octanol–water partition coefficient (Wildman–Crippen LogP) is 5.16. The highest BCUT2D eigenvalue weighted by Gasteiger charge is 2.53. The molecule has 242 valence electrons. The van der Waals surface area contributed by atoms with Crippen LogP contribution in [0, 0.1) is 23.7 Å². The number of carbonyl (C=O) groups is 3. The number of hydrogen-bond acceptors (Lipinski definition) is 7. The van der Waals surface area contributed by atoms with E-state index in [1.165, 1.54) is 4.90 Å². The van der Waals surface area contributed by atoms with Crippen LogP contribution in [0.5, 0.6) is 0 Å². The van der Waals surface area contributed by atoms with Crippen LogP contribution in [0.15, 0.2) is 54.6 Å². The molecule has 3 heterocycles. The summed E-state index contributed by atoms with van der Waals surface area (Å²) in [5, 5.41) is 22.8. The monoisotopic (exact) mass is 609 g/mol. The highest BCUT2D eigenvalue weighted by molar-refractivity contribution is 6.39. The van der Waals surface area contributed by atoms with Gasteiger partial charge in [0.2, 0.25) is 5.79 Å². The van der Waals surface area contributed by atoms with Gasteiger partial charge in [-0.2, -0.15) is 0 Å². The van der Waals surface area contributed by atoms with E-state index in [1.807, 2.05) is 56.4 Å². The molecule has 2 N–H and O–H groups in total. The first-order chi connectivity index (χ1) is 21.1. The van der Waals surface area contributed by atoms with Crippen LogP contribution >= 0.6 is 0 Å². The lowest BCUT2D eigenvalue weighted by atomic mass is 9.80. The molecule has 0 saturated carbocycles. The summed E-state index contributed by atoms with van der Waals surface area (Å²) in [7, 11) is 0. The number of rotatable bonds is 4. The normalized spacial score (nSPS) is 35.9. The number of piperidine rings is 1. The minimum absolute atomic E-state index is 0.0100. The van der Waals surface area contributed by atoms with Gasteiger partial charge in [0, 0.05) is 24.3 Å². The molecule has 8 heteroatoms. The van der Waals surface area contributed by atoms with Crippen molar-refractivity contribution in [3.05, 3.63) is 60.2 Å². The number of aliphatic hydroxyl groups excluding tert-OH is 1. The van der Waals surface area contributed by atoms with Crippen molar-refractivity contribution in [2.45, 2.75) is 116 Å². The van der Waals surface area contributed by atoms with Gasteiger partial charge in [0.05, 0.1) is 12.2 Å². The van der Waals surface area contributed by atoms with E-state index in [-0.39, 0.29) is 24.3 Å². The number of ketones is 1. The Bertz CT molecular complexity index is 1180. The molecule has 0 unspecified atom stereocenters. The molecule has 0 spiro atoms.